The molecule has 1 heterocycles. The Bertz CT molecular complexity index is 572. The van der Waals surface area contributed by atoms with Crippen molar-refractivity contribution < 1.29 is 9.53 Å². The summed E-state index contributed by atoms with van der Waals surface area (Å²) in [5.41, 5.74) is 2.11. The quantitative estimate of drug-likeness (QED) is 0.935. The number of fused-ring (bicyclic) bond motifs is 1. The van der Waals surface area contributed by atoms with Gasteiger partial charge in [0.2, 0.25) is 0 Å². The van der Waals surface area contributed by atoms with Crippen LogP contribution >= 0.6 is 11.3 Å². The number of amides is 1. The molecule has 1 N–H and O–H groups in total. The first-order chi connectivity index (χ1) is 9.81. The van der Waals surface area contributed by atoms with Crippen molar-refractivity contribution in [2.75, 3.05) is 5.32 Å². The van der Waals surface area contributed by atoms with E-state index in [-0.39, 0.29) is 6.61 Å². The number of nitrogens with zero attached hydrogens (tertiary/aromatic N) is 1. The van der Waals surface area contributed by atoms with Gasteiger partial charge in [-0.3, -0.25) is 5.32 Å². The lowest BCUT2D eigenvalue weighted by atomic mass is 10.0. The summed E-state index contributed by atoms with van der Waals surface area (Å²) in [4.78, 5) is 17.5. The maximum Gasteiger partial charge on any atom is 0.413 e. The number of carbonyl (C=O) groups excluding carboxylic acids is 1. The summed E-state index contributed by atoms with van der Waals surface area (Å²) in [6, 6.07) is 9.63. The van der Waals surface area contributed by atoms with Crippen LogP contribution in [0.1, 0.15) is 29.0 Å². The van der Waals surface area contributed by atoms with Gasteiger partial charge in [0, 0.05) is 4.88 Å². The highest BCUT2D eigenvalue weighted by Crippen LogP contribution is 2.29. The fourth-order valence-corrected chi connectivity index (χ4v) is 3.29. The van der Waals surface area contributed by atoms with Gasteiger partial charge in [0.05, 0.1) is 5.69 Å². The molecule has 1 aliphatic rings. The number of thiazole rings is 1. The molecule has 1 aliphatic carbocycles. The molecule has 3 rings (SSSR count). The molecule has 0 spiro atoms. The zero-order chi connectivity index (χ0) is 13.8. The summed E-state index contributed by atoms with van der Waals surface area (Å²) < 4.78 is 5.18. The maximum absolute atomic E-state index is 11.7. The molecular weight excluding hydrogens is 272 g/mol. The fourth-order valence-electron chi connectivity index (χ4n) is 2.25. The van der Waals surface area contributed by atoms with Gasteiger partial charge in [-0.25, -0.2) is 9.78 Å². The highest BCUT2D eigenvalue weighted by molar-refractivity contribution is 7.15. The summed E-state index contributed by atoms with van der Waals surface area (Å²) in [6.45, 7) is 0.276. The Hall–Kier alpha value is -1.88. The van der Waals surface area contributed by atoms with E-state index in [1.165, 1.54) is 17.7 Å². The molecule has 0 fully saturated rings. The van der Waals surface area contributed by atoms with Gasteiger partial charge in [-0.15, -0.1) is 11.3 Å². The van der Waals surface area contributed by atoms with E-state index in [1.807, 2.05) is 30.3 Å². The van der Waals surface area contributed by atoms with Gasteiger partial charge < -0.3 is 4.74 Å². The minimum absolute atomic E-state index is 0.276. The van der Waals surface area contributed by atoms with E-state index in [9.17, 15) is 4.79 Å². The van der Waals surface area contributed by atoms with Gasteiger partial charge in [-0.1, -0.05) is 30.3 Å². The van der Waals surface area contributed by atoms with E-state index < -0.39 is 6.09 Å². The second-order valence-electron chi connectivity index (χ2n) is 4.78. The van der Waals surface area contributed by atoms with Crippen LogP contribution < -0.4 is 5.32 Å². The highest BCUT2D eigenvalue weighted by Gasteiger charge is 2.16. The van der Waals surface area contributed by atoms with E-state index >= 15 is 0 Å². The second-order valence-corrected chi connectivity index (χ2v) is 5.87. The van der Waals surface area contributed by atoms with Crippen molar-refractivity contribution in [1.82, 2.24) is 4.98 Å². The Morgan fingerprint density at radius 3 is 2.85 bits per heavy atom. The summed E-state index contributed by atoms with van der Waals surface area (Å²) >= 11 is 1.56. The first-order valence-corrected chi connectivity index (χ1v) is 7.59. The van der Waals surface area contributed by atoms with Crippen LogP contribution in [-0.4, -0.2) is 11.1 Å². The van der Waals surface area contributed by atoms with Gasteiger partial charge >= 0.3 is 6.09 Å². The van der Waals surface area contributed by atoms with Crippen LogP contribution in [0.2, 0.25) is 0 Å². The van der Waals surface area contributed by atoms with E-state index in [0.717, 1.165) is 24.1 Å². The number of carbonyl (C=O) groups is 1. The van der Waals surface area contributed by atoms with Crippen molar-refractivity contribution in [1.29, 1.82) is 0 Å². The number of ether oxygens (including phenoxy) is 1. The Morgan fingerprint density at radius 2 is 2.05 bits per heavy atom. The number of hydrogen-bond acceptors (Lipinski definition) is 4. The largest absolute Gasteiger partial charge is 0.444 e. The SMILES string of the molecule is O=C(Nc1nc2c(s1)CCCC2)OCc1ccccc1. The number of rotatable bonds is 3. The maximum atomic E-state index is 11.7. The van der Waals surface area contributed by atoms with Crippen LogP contribution in [0.4, 0.5) is 9.93 Å². The molecule has 5 heteroatoms. The van der Waals surface area contributed by atoms with Gasteiger partial charge in [-0.05, 0) is 31.2 Å². The molecule has 1 aromatic heterocycles. The lowest BCUT2D eigenvalue weighted by Gasteiger charge is -2.06. The van der Waals surface area contributed by atoms with Crippen LogP contribution in [0.25, 0.3) is 0 Å². The summed E-state index contributed by atoms with van der Waals surface area (Å²) in [6.07, 6.45) is 4.06. The zero-order valence-electron chi connectivity index (χ0n) is 11.1. The fraction of sp³-hybridized carbons (Fsp3) is 0.333. The highest BCUT2D eigenvalue weighted by atomic mass is 32.1. The molecule has 20 heavy (non-hydrogen) atoms. The number of anilines is 1. The molecule has 1 amide bonds. The standard InChI is InChI=1S/C15H16N2O2S/c18-15(19-10-11-6-2-1-3-7-11)17-14-16-12-8-4-5-9-13(12)20-14/h1-3,6-7H,4-5,8-10H2,(H,16,17,18). The lowest BCUT2D eigenvalue weighted by molar-refractivity contribution is 0.155. The molecule has 4 nitrogen and oxygen atoms in total. The summed E-state index contributed by atoms with van der Waals surface area (Å²) in [7, 11) is 0. The molecule has 0 unspecified atom stereocenters. The predicted molar refractivity (Wildman–Crippen MR) is 79.0 cm³/mol. The first-order valence-electron chi connectivity index (χ1n) is 6.77. The predicted octanol–water partition coefficient (Wildman–Crippen LogP) is 3.77. The van der Waals surface area contributed by atoms with E-state index in [1.54, 1.807) is 11.3 Å². The molecular formula is C15H16N2O2S. The van der Waals surface area contributed by atoms with Gasteiger partial charge in [0.1, 0.15) is 6.61 Å². The third-order valence-corrected chi connectivity index (χ3v) is 4.34. The van der Waals surface area contributed by atoms with E-state index in [0.29, 0.717) is 5.13 Å². The topological polar surface area (TPSA) is 51.2 Å². The molecule has 0 bridgehead atoms. The average molecular weight is 288 g/mol. The Morgan fingerprint density at radius 1 is 1.25 bits per heavy atom. The van der Waals surface area contributed by atoms with Crippen molar-refractivity contribution in [2.45, 2.75) is 32.3 Å². The van der Waals surface area contributed by atoms with Crippen molar-refractivity contribution in [3.63, 3.8) is 0 Å². The van der Waals surface area contributed by atoms with Crippen LogP contribution in [0.15, 0.2) is 30.3 Å². The number of aromatic nitrogens is 1. The molecule has 0 atom stereocenters. The van der Waals surface area contributed by atoms with E-state index in [4.69, 9.17) is 4.74 Å². The summed E-state index contributed by atoms with van der Waals surface area (Å²) in [5, 5.41) is 3.36. The van der Waals surface area contributed by atoms with Gasteiger partial charge in [0.15, 0.2) is 5.13 Å². The Balaban J connectivity index is 1.55. The van der Waals surface area contributed by atoms with Gasteiger partial charge in [0.25, 0.3) is 0 Å². The van der Waals surface area contributed by atoms with Crippen LogP contribution in [0.5, 0.6) is 0 Å². The van der Waals surface area contributed by atoms with Crippen molar-refractivity contribution in [3.8, 4) is 0 Å². The molecule has 2 aromatic rings. The van der Waals surface area contributed by atoms with Crippen LogP contribution in [0.3, 0.4) is 0 Å². The number of hydrogen-bond donors (Lipinski definition) is 1. The van der Waals surface area contributed by atoms with Gasteiger partial charge in [-0.2, -0.15) is 0 Å². The third kappa shape index (κ3) is 3.17. The van der Waals surface area contributed by atoms with Crippen LogP contribution in [0, 0.1) is 0 Å². The molecule has 0 saturated heterocycles. The first kappa shape index (κ1) is 13.1. The molecule has 0 aliphatic heterocycles. The molecule has 104 valence electrons. The third-order valence-electron chi connectivity index (χ3n) is 3.27. The zero-order valence-corrected chi connectivity index (χ0v) is 11.9. The van der Waals surface area contributed by atoms with E-state index in [2.05, 4.69) is 10.3 Å². The normalized spacial score (nSPS) is 13.6. The molecule has 1 aromatic carbocycles. The van der Waals surface area contributed by atoms with Crippen molar-refractivity contribution >= 4 is 22.6 Å². The van der Waals surface area contributed by atoms with Crippen molar-refractivity contribution in [3.05, 3.63) is 46.5 Å². The minimum atomic E-state index is -0.444. The average Bonchev–Trinajstić information content (AvgIpc) is 2.88. The minimum Gasteiger partial charge on any atom is -0.444 e. The lowest BCUT2D eigenvalue weighted by Crippen LogP contribution is -2.13. The number of benzene rings is 1. The van der Waals surface area contributed by atoms with Crippen molar-refractivity contribution in [2.24, 2.45) is 0 Å². The molecule has 0 radical (unpaired) electrons. The Kier molecular flexibility index (Phi) is 3.97. The monoisotopic (exact) mass is 288 g/mol. The smallest absolute Gasteiger partial charge is 0.413 e. The Labute approximate surface area is 121 Å². The van der Waals surface area contributed by atoms with Crippen LogP contribution in [-0.2, 0) is 24.2 Å². The summed E-state index contributed by atoms with van der Waals surface area (Å²) in [5.74, 6) is 0. The number of aryl methyl sites for hydroxylation is 2. The second kappa shape index (κ2) is 6.05. The molecule has 0 saturated carbocycles. The number of nitrogens with one attached hydrogen (secondary N) is 1.